The van der Waals surface area contributed by atoms with Crippen LogP contribution in [0.15, 0.2) is 23.0 Å². The van der Waals surface area contributed by atoms with E-state index in [1.54, 1.807) is 18.2 Å². The van der Waals surface area contributed by atoms with Gasteiger partial charge in [0.15, 0.2) is 4.77 Å². The number of aromatic nitrogens is 2. The highest BCUT2D eigenvalue weighted by Gasteiger charge is 2.24. The predicted octanol–water partition coefficient (Wildman–Crippen LogP) is 2.75. The molecule has 1 aromatic heterocycles. The average molecular weight is 375 g/mol. The van der Waals surface area contributed by atoms with Crippen LogP contribution in [0.3, 0.4) is 0 Å². The Labute approximate surface area is 157 Å². The van der Waals surface area contributed by atoms with Crippen molar-refractivity contribution in [2.24, 2.45) is 5.92 Å². The lowest BCUT2D eigenvalue weighted by Crippen LogP contribution is -2.26. The molecule has 3 rings (SSSR count). The van der Waals surface area contributed by atoms with E-state index in [0.29, 0.717) is 40.2 Å². The number of rotatable bonds is 6. The topological polar surface area (TPSA) is 87.1 Å². The summed E-state index contributed by atoms with van der Waals surface area (Å²) in [6.07, 6.45) is 4.68. The Hall–Kier alpha value is -1.99. The maximum Gasteiger partial charge on any atom is 0.262 e. The minimum absolute atomic E-state index is 0.145. The second kappa shape index (κ2) is 8.14. The Morgan fingerprint density at radius 2 is 2.23 bits per heavy atom. The number of aliphatic hydroxyl groups is 1. The van der Waals surface area contributed by atoms with Gasteiger partial charge in [0.2, 0.25) is 0 Å². The smallest absolute Gasteiger partial charge is 0.262 e. The molecule has 1 aliphatic rings. The number of aromatic amines is 1. The summed E-state index contributed by atoms with van der Waals surface area (Å²) in [5, 5.41) is 13.3. The zero-order valence-corrected chi connectivity index (χ0v) is 15.8. The molecule has 7 heteroatoms. The van der Waals surface area contributed by atoms with Crippen LogP contribution in [-0.2, 0) is 6.54 Å². The molecule has 0 saturated heterocycles. The second-order valence-corrected chi connectivity index (χ2v) is 7.28. The van der Waals surface area contributed by atoms with Gasteiger partial charge in [-0.05, 0) is 68.9 Å². The largest absolute Gasteiger partial charge is 0.393 e. The van der Waals surface area contributed by atoms with Gasteiger partial charge in [-0.25, -0.2) is 0 Å². The number of benzene rings is 1. The van der Waals surface area contributed by atoms with Crippen LogP contribution in [-0.4, -0.2) is 33.2 Å². The molecular weight excluding hydrogens is 350 g/mol. The molecule has 0 unspecified atom stereocenters. The van der Waals surface area contributed by atoms with Crippen molar-refractivity contribution in [1.82, 2.24) is 14.9 Å². The summed E-state index contributed by atoms with van der Waals surface area (Å²) < 4.78 is 1.85. The van der Waals surface area contributed by atoms with E-state index < -0.39 is 0 Å². The molecule has 6 nitrogen and oxygen atoms in total. The van der Waals surface area contributed by atoms with Gasteiger partial charge in [0.25, 0.3) is 11.5 Å². The lowest BCUT2D eigenvalue weighted by atomic mass is 10.00. The highest BCUT2D eigenvalue weighted by molar-refractivity contribution is 7.71. The van der Waals surface area contributed by atoms with Crippen molar-refractivity contribution in [2.75, 3.05) is 6.54 Å². The summed E-state index contributed by atoms with van der Waals surface area (Å²) in [6.45, 7) is 2.94. The molecule has 1 aromatic carbocycles. The fourth-order valence-corrected chi connectivity index (χ4v) is 4.03. The van der Waals surface area contributed by atoms with Crippen LogP contribution in [0, 0.1) is 10.7 Å². The van der Waals surface area contributed by atoms with Gasteiger partial charge in [-0.1, -0.05) is 6.42 Å². The van der Waals surface area contributed by atoms with Crippen LogP contribution in [0.25, 0.3) is 10.9 Å². The fraction of sp³-hybridized carbons (Fsp3) is 0.526. The lowest BCUT2D eigenvalue weighted by molar-refractivity contribution is 0.0950. The second-order valence-electron chi connectivity index (χ2n) is 6.90. The van der Waals surface area contributed by atoms with Crippen molar-refractivity contribution in [3.05, 3.63) is 38.9 Å². The Morgan fingerprint density at radius 1 is 1.42 bits per heavy atom. The maximum absolute atomic E-state index is 12.4. The molecule has 140 valence electrons. The summed E-state index contributed by atoms with van der Waals surface area (Å²) >= 11 is 5.21. The van der Waals surface area contributed by atoms with Crippen LogP contribution in [0.1, 0.15) is 49.4 Å². The minimum Gasteiger partial charge on any atom is -0.393 e. The highest BCUT2D eigenvalue weighted by atomic mass is 32.1. The molecule has 1 heterocycles. The molecular formula is C19H25N3O3S. The quantitative estimate of drug-likeness (QED) is 0.535. The third-order valence-electron chi connectivity index (χ3n) is 5.22. The molecule has 2 atom stereocenters. The lowest BCUT2D eigenvalue weighted by Gasteiger charge is -2.14. The first-order chi connectivity index (χ1) is 12.5. The summed E-state index contributed by atoms with van der Waals surface area (Å²) in [5.41, 5.74) is 0.928. The van der Waals surface area contributed by atoms with Crippen LogP contribution in [0.5, 0.6) is 0 Å². The van der Waals surface area contributed by atoms with Crippen LogP contribution in [0.4, 0.5) is 0 Å². The molecule has 1 fully saturated rings. The van der Waals surface area contributed by atoms with Crippen molar-refractivity contribution in [2.45, 2.75) is 51.7 Å². The highest BCUT2D eigenvalue weighted by Crippen LogP contribution is 2.28. The summed E-state index contributed by atoms with van der Waals surface area (Å²) in [7, 11) is 0. The van der Waals surface area contributed by atoms with Crippen molar-refractivity contribution < 1.29 is 9.90 Å². The van der Waals surface area contributed by atoms with Gasteiger partial charge in [-0.2, -0.15) is 0 Å². The number of aliphatic hydroxyl groups excluding tert-OH is 1. The number of carbonyl (C=O) groups is 1. The molecule has 3 N–H and O–H groups in total. The number of amides is 1. The molecule has 0 spiro atoms. The molecule has 1 aliphatic carbocycles. The number of fused-ring (bicyclic) bond motifs is 1. The monoisotopic (exact) mass is 375 g/mol. The third kappa shape index (κ3) is 3.88. The summed E-state index contributed by atoms with van der Waals surface area (Å²) in [6, 6.07) is 5.00. The van der Waals surface area contributed by atoms with E-state index >= 15 is 0 Å². The first-order valence-electron chi connectivity index (χ1n) is 9.24. The first-order valence-corrected chi connectivity index (χ1v) is 9.65. The van der Waals surface area contributed by atoms with Crippen LogP contribution >= 0.6 is 12.2 Å². The molecule has 1 amide bonds. The van der Waals surface area contributed by atoms with E-state index in [1.807, 2.05) is 6.92 Å². The van der Waals surface area contributed by atoms with Gasteiger partial charge in [-0.3, -0.25) is 14.2 Å². The van der Waals surface area contributed by atoms with Gasteiger partial charge in [0, 0.05) is 18.7 Å². The zero-order chi connectivity index (χ0) is 18.7. The van der Waals surface area contributed by atoms with Gasteiger partial charge < -0.3 is 15.4 Å². The summed E-state index contributed by atoms with van der Waals surface area (Å²) in [5.74, 6) is 0.200. The van der Waals surface area contributed by atoms with E-state index in [-0.39, 0.29) is 17.6 Å². The van der Waals surface area contributed by atoms with E-state index in [9.17, 15) is 14.7 Å². The maximum atomic E-state index is 12.4. The molecule has 0 bridgehead atoms. The zero-order valence-electron chi connectivity index (χ0n) is 15.0. The van der Waals surface area contributed by atoms with E-state index in [2.05, 4.69) is 10.3 Å². The molecule has 0 aliphatic heterocycles. The average Bonchev–Trinajstić information content (AvgIpc) is 3.03. The van der Waals surface area contributed by atoms with Crippen molar-refractivity contribution >= 4 is 29.0 Å². The Bertz CT molecular complexity index is 918. The minimum atomic E-state index is -0.179. The Balaban J connectivity index is 1.65. The van der Waals surface area contributed by atoms with Crippen LogP contribution in [0.2, 0.25) is 0 Å². The van der Waals surface area contributed by atoms with Crippen LogP contribution < -0.4 is 10.9 Å². The standard InChI is InChI=1S/C19H25N3O3S/c1-2-22-18(25)14-9-8-13(11-15(14)21-19(22)26)17(24)20-10-4-6-12-5-3-7-16(12)23/h8-9,11-12,16,23H,2-7,10H2,1H3,(H,20,24)(H,21,26)/t12-,16-/m1/s1. The van der Waals surface area contributed by atoms with E-state index in [0.717, 1.165) is 32.1 Å². The van der Waals surface area contributed by atoms with Crippen molar-refractivity contribution in [3.8, 4) is 0 Å². The van der Waals surface area contributed by atoms with E-state index in [4.69, 9.17) is 12.2 Å². The SMILES string of the molecule is CCn1c(=S)[nH]c2cc(C(=O)NCCC[C@H]3CCC[C@H]3O)ccc2c1=O. The Kier molecular flexibility index (Phi) is 5.88. The van der Waals surface area contributed by atoms with Crippen molar-refractivity contribution in [1.29, 1.82) is 0 Å². The number of nitrogens with one attached hydrogen (secondary N) is 2. The number of hydrogen-bond acceptors (Lipinski definition) is 4. The summed E-state index contributed by atoms with van der Waals surface area (Å²) in [4.78, 5) is 27.8. The molecule has 2 aromatic rings. The predicted molar refractivity (Wildman–Crippen MR) is 104 cm³/mol. The molecule has 0 radical (unpaired) electrons. The normalized spacial score (nSPS) is 19.8. The number of nitrogens with zero attached hydrogens (tertiary/aromatic N) is 1. The molecule has 26 heavy (non-hydrogen) atoms. The number of carbonyl (C=O) groups excluding carboxylic acids is 1. The number of H-pyrrole nitrogens is 1. The van der Waals surface area contributed by atoms with E-state index in [1.165, 1.54) is 4.57 Å². The number of hydrogen-bond donors (Lipinski definition) is 3. The fourth-order valence-electron chi connectivity index (χ4n) is 3.71. The van der Waals surface area contributed by atoms with Gasteiger partial charge >= 0.3 is 0 Å². The van der Waals surface area contributed by atoms with Gasteiger partial charge in [-0.15, -0.1) is 0 Å². The first kappa shape index (κ1) is 18.8. The van der Waals surface area contributed by atoms with Gasteiger partial charge in [0.1, 0.15) is 0 Å². The van der Waals surface area contributed by atoms with Crippen molar-refractivity contribution in [3.63, 3.8) is 0 Å². The molecule has 1 saturated carbocycles. The van der Waals surface area contributed by atoms with Gasteiger partial charge in [0.05, 0.1) is 17.0 Å². The third-order valence-corrected chi connectivity index (χ3v) is 5.54. The Morgan fingerprint density at radius 3 is 2.92 bits per heavy atom.